The molecule has 34 heavy (non-hydrogen) atoms. The largest absolute Gasteiger partial charge is 0.486 e. The van der Waals surface area contributed by atoms with E-state index in [-0.39, 0.29) is 0 Å². The molecule has 0 saturated heterocycles. The Morgan fingerprint density at radius 1 is 1.15 bits per heavy atom. The number of hydrogen-bond acceptors (Lipinski definition) is 3. The fourth-order valence-electron chi connectivity index (χ4n) is 4.75. The molecule has 0 radical (unpaired) electrons. The van der Waals surface area contributed by atoms with Gasteiger partial charge in [0.1, 0.15) is 28.7 Å². The number of aromatic nitrogens is 3. The minimum atomic E-state index is 0.415. The van der Waals surface area contributed by atoms with Gasteiger partial charge >= 0.3 is 0 Å². The summed E-state index contributed by atoms with van der Waals surface area (Å²) in [4.78, 5) is 0.691. The molecule has 0 spiro atoms. The molecule has 0 bridgehead atoms. The standard InChI is InChI=1S/C28H30N4OS/c1-3-17-29-27(34)26-25(21-15-13-20(4-2)14-16-21)23-12-8-9-18-31-24(30-32(26)28(23)31)19-33-22-10-6-5-7-11-22/h3,5-7,10-11,13-16H,1,4,8-9,12,17-19H2,2H3,(H,29,34). The van der Waals surface area contributed by atoms with Gasteiger partial charge in [0.05, 0.1) is 0 Å². The van der Waals surface area contributed by atoms with Gasteiger partial charge in [0.15, 0.2) is 5.82 Å². The highest BCUT2D eigenvalue weighted by molar-refractivity contribution is 7.80. The second-order valence-corrected chi connectivity index (χ2v) is 9.02. The fraction of sp³-hybridized carbons (Fsp3) is 0.286. The number of nitrogens with zero attached hydrogens (tertiary/aromatic N) is 3. The molecule has 0 amide bonds. The molecule has 0 fully saturated rings. The van der Waals surface area contributed by atoms with Crippen LogP contribution in [-0.2, 0) is 26.0 Å². The zero-order chi connectivity index (χ0) is 23.5. The third-order valence-corrected chi connectivity index (χ3v) is 6.78. The van der Waals surface area contributed by atoms with E-state index in [1.165, 1.54) is 22.3 Å². The molecule has 4 aromatic rings. The monoisotopic (exact) mass is 470 g/mol. The minimum Gasteiger partial charge on any atom is -0.486 e. The lowest BCUT2D eigenvalue weighted by atomic mass is 9.97. The van der Waals surface area contributed by atoms with Crippen LogP contribution in [0.2, 0.25) is 0 Å². The van der Waals surface area contributed by atoms with E-state index in [0.29, 0.717) is 18.1 Å². The van der Waals surface area contributed by atoms with Gasteiger partial charge < -0.3 is 14.6 Å². The number of aryl methyl sites for hydroxylation is 3. The highest BCUT2D eigenvalue weighted by Crippen LogP contribution is 2.37. The van der Waals surface area contributed by atoms with Gasteiger partial charge in [0.25, 0.3) is 0 Å². The van der Waals surface area contributed by atoms with Crippen molar-refractivity contribution in [2.45, 2.75) is 45.8 Å². The smallest absolute Gasteiger partial charge is 0.169 e. The Balaban J connectivity index is 1.66. The number of hydrogen-bond donors (Lipinski definition) is 1. The van der Waals surface area contributed by atoms with E-state index in [1.807, 2.05) is 40.9 Å². The van der Waals surface area contributed by atoms with E-state index in [9.17, 15) is 0 Å². The lowest BCUT2D eigenvalue weighted by Crippen LogP contribution is -2.24. The fourth-order valence-corrected chi connectivity index (χ4v) is 5.02. The summed E-state index contributed by atoms with van der Waals surface area (Å²) < 4.78 is 10.5. The van der Waals surface area contributed by atoms with Gasteiger partial charge in [-0.2, -0.15) is 0 Å². The first kappa shape index (κ1) is 22.4. The van der Waals surface area contributed by atoms with E-state index in [0.717, 1.165) is 55.1 Å². The summed E-state index contributed by atoms with van der Waals surface area (Å²) in [6, 6.07) is 18.8. The molecule has 6 heteroatoms. The Morgan fingerprint density at radius 3 is 2.68 bits per heavy atom. The summed E-state index contributed by atoms with van der Waals surface area (Å²) in [5.41, 5.74) is 7.11. The van der Waals surface area contributed by atoms with Crippen LogP contribution in [0.15, 0.2) is 67.3 Å². The van der Waals surface area contributed by atoms with E-state index in [4.69, 9.17) is 22.1 Å². The first-order valence-corrected chi connectivity index (χ1v) is 12.4. The van der Waals surface area contributed by atoms with Crippen molar-refractivity contribution >= 4 is 22.9 Å². The first-order chi connectivity index (χ1) is 16.7. The summed E-state index contributed by atoms with van der Waals surface area (Å²) >= 11 is 5.90. The Kier molecular flexibility index (Phi) is 6.50. The maximum Gasteiger partial charge on any atom is 0.169 e. The Hall–Kier alpha value is -3.38. The van der Waals surface area contributed by atoms with Gasteiger partial charge in [0, 0.05) is 24.2 Å². The molecule has 174 valence electrons. The van der Waals surface area contributed by atoms with E-state index in [2.05, 4.69) is 47.7 Å². The van der Waals surface area contributed by atoms with Crippen molar-refractivity contribution in [3.8, 4) is 16.9 Å². The molecule has 1 aliphatic rings. The summed E-state index contributed by atoms with van der Waals surface area (Å²) in [6.45, 7) is 7.97. The number of benzene rings is 2. The molecule has 0 saturated carbocycles. The highest BCUT2D eigenvalue weighted by Gasteiger charge is 2.29. The first-order valence-electron chi connectivity index (χ1n) is 12.0. The van der Waals surface area contributed by atoms with Crippen molar-refractivity contribution in [2.75, 3.05) is 6.54 Å². The molecule has 2 aromatic heterocycles. The third kappa shape index (κ3) is 4.14. The summed E-state index contributed by atoms with van der Waals surface area (Å²) in [5.74, 6) is 1.76. The van der Waals surface area contributed by atoms with E-state index >= 15 is 0 Å². The van der Waals surface area contributed by atoms with Crippen LogP contribution in [0, 0.1) is 0 Å². The molecule has 5 rings (SSSR count). The van der Waals surface area contributed by atoms with Crippen molar-refractivity contribution in [3.63, 3.8) is 0 Å². The quantitative estimate of drug-likeness (QED) is 0.264. The van der Waals surface area contributed by atoms with Gasteiger partial charge in [0.2, 0.25) is 0 Å². The molecule has 2 aromatic carbocycles. The average molecular weight is 471 g/mol. The predicted octanol–water partition coefficient (Wildman–Crippen LogP) is 5.73. The zero-order valence-corrected chi connectivity index (χ0v) is 20.4. The Morgan fingerprint density at radius 2 is 1.94 bits per heavy atom. The Bertz CT molecular complexity index is 1320. The number of ether oxygens (including phenoxy) is 1. The number of nitrogens with one attached hydrogen (secondary N) is 1. The molecule has 5 nitrogen and oxygen atoms in total. The highest BCUT2D eigenvalue weighted by atomic mass is 32.1. The van der Waals surface area contributed by atoms with Crippen LogP contribution in [0.5, 0.6) is 5.75 Å². The Labute approximate surface area is 206 Å². The zero-order valence-electron chi connectivity index (χ0n) is 19.6. The van der Waals surface area contributed by atoms with Crippen molar-refractivity contribution in [1.82, 2.24) is 19.5 Å². The van der Waals surface area contributed by atoms with Gasteiger partial charge in [-0.25, -0.2) is 4.52 Å². The van der Waals surface area contributed by atoms with E-state index < -0.39 is 0 Å². The number of thiocarbonyl (C=S) groups is 1. The summed E-state index contributed by atoms with van der Waals surface area (Å²) in [5, 5.41) is 8.40. The van der Waals surface area contributed by atoms with Gasteiger partial charge in [-0.1, -0.05) is 67.7 Å². The topological polar surface area (TPSA) is 43.5 Å². The summed E-state index contributed by atoms with van der Waals surface area (Å²) in [7, 11) is 0. The van der Waals surface area contributed by atoms with Crippen LogP contribution < -0.4 is 10.1 Å². The maximum atomic E-state index is 6.09. The van der Waals surface area contributed by atoms with Gasteiger partial charge in [-0.05, 0) is 48.9 Å². The number of rotatable bonds is 8. The molecular weight excluding hydrogens is 440 g/mol. The van der Waals surface area contributed by atoms with Gasteiger partial charge in [-0.15, -0.1) is 11.7 Å². The average Bonchev–Trinajstić information content (AvgIpc) is 3.28. The second kappa shape index (κ2) is 9.85. The van der Waals surface area contributed by atoms with Crippen LogP contribution in [0.1, 0.15) is 42.4 Å². The maximum absolute atomic E-state index is 6.09. The van der Waals surface area contributed by atoms with Crippen molar-refractivity contribution in [1.29, 1.82) is 0 Å². The predicted molar refractivity (Wildman–Crippen MR) is 142 cm³/mol. The lowest BCUT2D eigenvalue weighted by Gasteiger charge is -2.11. The molecule has 0 aliphatic carbocycles. The van der Waals surface area contributed by atoms with Crippen molar-refractivity contribution < 1.29 is 4.74 Å². The van der Waals surface area contributed by atoms with Crippen molar-refractivity contribution in [3.05, 3.63) is 89.9 Å². The molecule has 1 aliphatic heterocycles. The summed E-state index contributed by atoms with van der Waals surface area (Å²) in [6.07, 6.45) is 6.10. The molecule has 0 atom stereocenters. The third-order valence-electron chi connectivity index (χ3n) is 6.45. The molecule has 3 heterocycles. The minimum absolute atomic E-state index is 0.415. The van der Waals surface area contributed by atoms with Crippen LogP contribution in [-0.4, -0.2) is 25.7 Å². The van der Waals surface area contributed by atoms with Crippen LogP contribution in [0.4, 0.5) is 0 Å². The molecule has 1 N–H and O–H groups in total. The molecule has 0 unspecified atom stereocenters. The lowest BCUT2D eigenvalue weighted by molar-refractivity contribution is 0.288. The van der Waals surface area contributed by atoms with Crippen LogP contribution in [0.25, 0.3) is 16.8 Å². The van der Waals surface area contributed by atoms with Crippen LogP contribution >= 0.6 is 12.2 Å². The van der Waals surface area contributed by atoms with Crippen molar-refractivity contribution in [2.24, 2.45) is 0 Å². The number of para-hydroxylation sites is 1. The SMILES string of the molecule is C=CCNC(=S)c1c(-c2ccc(CC)cc2)c2c3n(c(COc4ccccc4)nn13)CCCC2. The van der Waals surface area contributed by atoms with Crippen LogP contribution in [0.3, 0.4) is 0 Å². The second-order valence-electron chi connectivity index (χ2n) is 8.61. The molecular formula is C28H30N4OS. The normalized spacial score (nSPS) is 13.0. The van der Waals surface area contributed by atoms with E-state index in [1.54, 1.807) is 0 Å². The van der Waals surface area contributed by atoms with Gasteiger partial charge in [-0.3, -0.25) is 0 Å².